The molecule has 2 atom stereocenters. The van der Waals surface area contributed by atoms with Crippen LogP contribution in [0.4, 0.5) is 5.69 Å². The van der Waals surface area contributed by atoms with Crippen LogP contribution >= 0.6 is 0 Å². The highest BCUT2D eigenvalue weighted by molar-refractivity contribution is 5.98. The molecule has 4 heteroatoms. The maximum atomic E-state index is 13.0. The van der Waals surface area contributed by atoms with Crippen LogP contribution in [-0.2, 0) is 4.79 Å². The first-order valence-electron chi connectivity index (χ1n) is 10.7. The number of amides is 2. The highest BCUT2D eigenvalue weighted by Gasteiger charge is 2.18. The fourth-order valence-electron chi connectivity index (χ4n) is 3.33. The highest BCUT2D eigenvalue weighted by atomic mass is 16.2. The number of unbranched alkanes of at least 4 members (excludes halogenated alkanes) is 1. The number of nitrogens with zero attached hydrogens (tertiary/aromatic N) is 1. The molecular weight excluding hydrogens is 360 g/mol. The van der Waals surface area contributed by atoms with Crippen molar-refractivity contribution in [2.24, 2.45) is 0 Å². The summed E-state index contributed by atoms with van der Waals surface area (Å²) in [6, 6.07) is 15.7. The second kappa shape index (κ2) is 10.8. The standard InChI is InChI=1S/C25H34N2O2/c1-6-8-14-27(20(5)28)24-16-22(18(3)7-2)15-23(17-24)25(29)26-19(4)21-12-10-9-11-13-21/h9-13,15-19H,6-8,14H2,1-5H3,(H,26,29)/t18-,19+/m0/s1. The number of anilines is 1. The fourth-order valence-corrected chi connectivity index (χ4v) is 3.33. The lowest BCUT2D eigenvalue weighted by atomic mass is 9.95. The van der Waals surface area contributed by atoms with Crippen LogP contribution in [0.3, 0.4) is 0 Å². The lowest BCUT2D eigenvalue weighted by molar-refractivity contribution is -0.116. The van der Waals surface area contributed by atoms with Gasteiger partial charge >= 0.3 is 0 Å². The number of rotatable bonds is 9. The highest BCUT2D eigenvalue weighted by Crippen LogP contribution is 2.27. The molecule has 0 aliphatic heterocycles. The Morgan fingerprint density at radius 2 is 1.69 bits per heavy atom. The fraction of sp³-hybridized carbons (Fsp3) is 0.440. The number of carbonyl (C=O) groups is 2. The molecule has 0 saturated carbocycles. The summed E-state index contributed by atoms with van der Waals surface area (Å²) < 4.78 is 0. The summed E-state index contributed by atoms with van der Waals surface area (Å²) in [5, 5.41) is 3.09. The summed E-state index contributed by atoms with van der Waals surface area (Å²) in [6.07, 6.45) is 2.91. The molecule has 0 fully saturated rings. The van der Waals surface area contributed by atoms with E-state index in [2.05, 4.69) is 32.2 Å². The number of benzene rings is 2. The lowest BCUT2D eigenvalue weighted by Crippen LogP contribution is -2.31. The van der Waals surface area contributed by atoms with Crippen LogP contribution in [0.15, 0.2) is 48.5 Å². The van der Waals surface area contributed by atoms with Crippen molar-refractivity contribution in [2.75, 3.05) is 11.4 Å². The summed E-state index contributed by atoms with van der Waals surface area (Å²) in [5.74, 6) is 0.198. The van der Waals surface area contributed by atoms with Gasteiger partial charge in [0, 0.05) is 24.7 Å². The molecule has 0 heterocycles. The number of hydrogen-bond donors (Lipinski definition) is 1. The Bertz CT molecular complexity index is 817. The molecule has 29 heavy (non-hydrogen) atoms. The monoisotopic (exact) mass is 394 g/mol. The average molecular weight is 395 g/mol. The topological polar surface area (TPSA) is 49.4 Å². The first-order chi connectivity index (χ1) is 13.9. The molecule has 0 saturated heterocycles. The van der Waals surface area contributed by atoms with Crippen molar-refractivity contribution < 1.29 is 9.59 Å². The molecule has 2 aromatic carbocycles. The van der Waals surface area contributed by atoms with Crippen molar-refractivity contribution in [2.45, 2.75) is 65.8 Å². The third-order valence-electron chi connectivity index (χ3n) is 5.46. The van der Waals surface area contributed by atoms with Gasteiger partial charge in [-0.3, -0.25) is 9.59 Å². The van der Waals surface area contributed by atoms with Gasteiger partial charge in [-0.1, -0.05) is 57.5 Å². The molecular formula is C25H34N2O2. The summed E-state index contributed by atoms with van der Waals surface area (Å²) in [5.41, 5.74) is 3.56. The molecule has 0 bridgehead atoms. The van der Waals surface area contributed by atoms with E-state index in [9.17, 15) is 9.59 Å². The Morgan fingerprint density at radius 3 is 2.28 bits per heavy atom. The van der Waals surface area contributed by atoms with E-state index in [-0.39, 0.29) is 17.9 Å². The summed E-state index contributed by atoms with van der Waals surface area (Å²) in [7, 11) is 0. The first kappa shape index (κ1) is 22.7. The van der Waals surface area contributed by atoms with Crippen LogP contribution in [0.1, 0.15) is 87.3 Å². The Morgan fingerprint density at radius 1 is 1.00 bits per heavy atom. The van der Waals surface area contributed by atoms with E-state index < -0.39 is 0 Å². The quantitative estimate of drug-likeness (QED) is 0.580. The minimum Gasteiger partial charge on any atom is -0.346 e. The smallest absolute Gasteiger partial charge is 0.251 e. The van der Waals surface area contributed by atoms with E-state index in [1.54, 1.807) is 11.8 Å². The Labute approximate surface area is 175 Å². The van der Waals surface area contributed by atoms with E-state index in [0.29, 0.717) is 18.0 Å². The molecule has 0 aromatic heterocycles. The predicted octanol–water partition coefficient (Wildman–Crippen LogP) is 5.84. The van der Waals surface area contributed by atoms with Crippen LogP contribution in [0.2, 0.25) is 0 Å². The molecule has 156 valence electrons. The second-order valence-electron chi connectivity index (χ2n) is 7.75. The van der Waals surface area contributed by atoms with Gasteiger partial charge in [-0.05, 0) is 55.0 Å². The molecule has 0 unspecified atom stereocenters. The van der Waals surface area contributed by atoms with Crippen molar-refractivity contribution in [3.8, 4) is 0 Å². The van der Waals surface area contributed by atoms with E-state index in [1.807, 2.05) is 49.4 Å². The zero-order chi connectivity index (χ0) is 21.4. The van der Waals surface area contributed by atoms with Gasteiger partial charge in [0.2, 0.25) is 5.91 Å². The third kappa shape index (κ3) is 6.18. The minimum absolute atomic E-state index is 0.00348. The van der Waals surface area contributed by atoms with Crippen molar-refractivity contribution in [3.63, 3.8) is 0 Å². The molecule has 4 nitrogen and oxygen atoms in total. The minimum atomic E-state index is -0.119. The van der Waals surface area contributed by atoms with Crippen LogP contribution in [0, 0.1) is 0 Å². The van der Waals surface area contributed by atoms with Gasteiger partial charge in [0.05, 0.1) is 6.04 Å². The van der Waals surface area contributed by atoms with Gasteiger partial charge in [-0.25, -0.2) is 0 Å². The SMILES string of the molecule is CCCCN(C(C)=O)c1cc(C(=O)N[C@H](C)c2ccccc2)cc([C@@H](C)CC)c1. The number of nitrogens with one attached hydrogen (secondary N) is 1. The van der Waals surface area contributed by atoms with Gasteiger partial charge in [-0.15, -0.1) is 0 Å². The first-order valence-corrected chi connectivity index (χ1v) is 10.7. The Kier molecular flexibility index (Phi) is 8.44. The van der Waals surface area contributed by atoms with Crippen LogP contribution < -0.4 is 10.2 Å². The second-order valence-corrected chi connectivity index (χ2v) is 7.75. The summed E-state index contributed by atoms with van der Waals surface area (Å²) in [6.45, 7) is 10.6. The van der Waals surface area contributed by atoms with Gasteiger partial charge in [-0.2, -0.15) is 0 Å². The Balaban J connectivity index is 2.36. The van der Waals surface area contributed by atoms with Gasteiger partial charge in [0.1, 0.15) is 0 Å². The molecule has 1 N–H and O–H groups in total. The van der Waals surface area contributed by atoms with Crippen molar-refractivity contribution in [3.05, 3.63) is 65.2 Å². The zero-order valence-corrected chi connectivity index (χ0v) is 18.4. The Hall–Kier alpha value is -2.62. The third-order valence-corrected chi connectivity index (χ3v) is 5.46. The van der Waals surface area contributed by atoms with Crippen LogP contribution in [0.5, 0.6) is 0 Å². The lowest BCUT2D eigenvalue weighted by Gasteiger charge is -2.24. The largest absolute Gasteiger partial charge is 0.346 e. The molecule has 0 spiro atoms. The van der Waals surface area contributed by atoms with Gasteiger partial charge in [0.25, 0.3) is 5.91 Å². The van der Waals surface area contributed by atoms with E-state index in [4.69, 9.17) is 0 Å². The van der Waals surface area contributed by atoms with Crippen molar-refractivity contribution in [1.29, 1.82) is 0 Å². The van der Waals surface area contributed by atoms with Crippen LogP contribution in [0.25, 0.3) is 0 Å². The van der Waals surface area contributed by atoms with Crippen LogP contribution in [-0.4, -0.2) is 18.4 Å². The normalized spacial score (nSPS) is 12.9. The van der Waals surface area contributed by atoms with Crippen molar-refractivity contribution >= 4 is 17.5 Å². The van der Waals surface area contributed by atoms with Gasteiger partial charge in [0.15, 0.2) is 0 Å². The summed E-state index contributed by atoms with van der Waals surface area (Å²) in [4.78, 5) is 27.1. The van der Waals surface area contributed by atoms with E-state index in [0.717, 1.165) is 36.1 Å². The summed E-state index contributed by atoms with van der Waals surface area (Å²) >= 11 is 0. The van der Waals surface area contributed by atoms with E-state index in [1.165, 1.54) is 0 Å². The predicted molar refractivity (Wildman–Crippen MR) is 120 cm³/mol. The molecule has 0 aliphatic rings. The average Bonchev–Trinajstić information content (AvgIpc) is 2.73. The maximum Gasteiger partial charge on any atom is 0.251 e. The zero-order valence-electron chi connectivity index (χ0n) is 18.4. The number of hydrogen-bond acceptors (Lipinski definition) is 2. The molecule has 2 rings (SSSR count). The van der Waals surface area contributed by atoms with Gasteiger partial charge < -0.3 is 10.2 Å². The van der Waals surface area contributed by atoms with Crippen molar-refractivity contribution in [1.82, 2.24) is 5.32 Å². The molecule has 2 aromatic rings. The molecule has 2 amide bonds. The van der Waals surface area contributed by atoms with E-state index >= 15 is 0 Å². The number of carbonyl (C=O) groups excluding carboxylic acids is 2. The molecule has 0 radical (unpaired) electrons. The molecule has 0 aliphatic carbocycles. The maximum absolute atomic E-state index is 13.0.